The molecule has 0 saturated carbocycles. The second kappa shape index (κ2) is 49.9. The molecule has 3 unspecified atom stereocenters. The van der Waals surface area contributed by atoms with Crippen molar-refractivity contribution in [3.05, 3.63) is 0 Å². The van der Waals surface area contributed by atoms with E-state index in [1.54, 1.807) is 0 Å². The second-order valence-corrected chi connectivity index (χ2v) is 19.4. The molecule has 0 heterocycles. The van der Waals surface area contributed by atoms with E-state index in [2.05, 4.69) is 26.1 Å². The van der Waals surface area contributed by atoms with Crippen molar-refractivity contribution in [3.8, 4) is 0 Å². The van der Waals surface area contributed by atoms with Crippen LogP contribution in [0.2, 0.25) is 0 Å². The zero-order valence-electron chi connectivity index (χ0n) is 41.6. The van der Waals surface area contributed by atoms with Gasteiger partial charge in [0.25, 0.3) is 0 Å². The van der Waals surface area contributed by atoms with Crippen molar-refractivity contribution in [1.82, 2.24) is 5.32 Å². The summed E-state index contributed by atoms with van der Waals surface area (Å²) in [7, 11) is 0. The van der Waals surface area contributed by atoms with Crippen molar-refractivity contribution < 1.29 is 24.5 Å². The van der Waals surface area contributed by atoms with Crippen LogP contribution in [0.3, 0.4) is 0 Å². The van der Waals surface area contributed by atoms with Gasteiger partial charge >= 0.3 is 5.97 Å². The summed E-state index contributed by atoms with van der Waals surface area (Å²) in [6, 6.07) is -0.692. The number of aliphatic hydroxyl groups excluding tert-OH is 2. The quantitative estimate of drug-likeness (QED) is 0.0418. The third-order valence-electron chi connectivity index (χ3n) is 13.2. The van der Waals surface area contributed by atoms with Crippen LogP contribution in [0.4, 0.5) is 0 Å². The van der Waals surface area contributed by atoms with Crippen LogP contribution in [0, 0.1) is 0 Å². The first-order valence-electron chi connectivity index (χ1n) is 27.8. The SMILES string of the molecule is CCCCCCCCCCCCCCCCCCCC(O)C(CO)NC(=O)CC(CCCCCCCCCCC)OC(=O)CCCCCCCCCCCCCCCCCC. The Morgan fingerprint density at radius 3 is 1.00 bits per heavy atom. The average Bonchev–Trinajstić information content (AvgIpc) is 3.25. The monoisotopic (exact) mass is 864 g/mol. The van der Waals surface area contributed by atoms with Crippen LogP contribution in [-0.4, -0.2) is 46.9 Å². The van der Waals surface area contributed by atoms with Gasteiger partial charge in [0, 0.05) is 6.42 Å². The van der Waals surface area contributed by atoms with E-state index >= 15 is 0 Å². The summed E-state index contributed by atoms with van der Waals surface area (Å²) in [6.07, 6.45) is 54.6. The lowest BCUT2D eigenvalue weighted by Gasteiger charge is -2.24. The van der Waals surface area contributed by atoms with E-state index < -0.39 is 18.2 Å². The predicted molar refractivity (Wildman–Crippen MR) is 264 cm³/mol. The molecule has 0 fully saturated rings. The lowest BCUT2D eigenvalue weighted by atomic mass is 10.0. The Hall–Kier alpha value is -1.14. The predicted octanol–water partition coefficient (Wildman–Crippen LogP) is 16.7. The molecule has 3 atom stereocenters. The minimum Gasteiger partial charge on any atom is -0.462 e. The molecule has 0 bridgehead atoms. The van der Waals surface area contributed by atoms with E-state index in [1.807, 2.05) is 0 Å². The topological polar surface area (TPSA) is 95.9 Å². The maximum atomic E-state index is 13.2. The number of hydrogen-bond donors (Lipinski definition) is 3. The van der Waals surface area contributed by atoms with Gasteiger partial charge in [0.15, 0.2) is 0 Å². The van der Waals surface area contributed by atoms with Crippen LogP contribution in [0.1, 0.15) is 316 Å². The molecule has 0 aliphatic heterocycles. The number of carbonyl (C=O) groups excluding carboxylic acids is 2. The molecule has 0 aromatic heterocycles. The third-order valence-corrected chi connectivity index (χ3v) is 13.2. The number of esters is 1. The van der Waals surface area contributed by atoms with Gasteiger partial charge in [-0.15, -0.1) is 0 Å². The zero-order chi connectivity index (χ0) is 44.5. The average molecular weight is 864 g/mol. The summed E-state index contributed by atoms with van der Waals surface area (Å²) < 4.78 is 5.93. The molecule has 0 aromatic carbocycles. The lowest BCUT2D eigenvalue weighted by molar-refractivity contribution is -0.151. The first kappa shape index (κ1) is 59.9. The van der Waals surface area contributed by atoms with Gasteiger partial charge in [-0.05, 0) is 25.7 Å². The van der Waals surface area contributed by atoms with Gasteiger partial charge in [-0.1, -0.05) is 278 Å². The van der Waals surface area contributed by atoms with Gasteiger partial charge in [-0.2, -0.15) is 0 Å². The van der Waals surface area contributed by atoms with Gasteiger partial charge < -0.3 is 20.3 Å². The van der Waals surface area contributed by atoms with Crippen LogP contribution in [-0.2, 0) is 14.3 Å². The van der Waals surface area contributed by atoms with Gasteiger partial charge in [0.05, 0.1) is 25.2 Å². The Labute approximate surface area is 381 Å². The maximum Gasteiger partial charge on any atom is 0.306 e. The number of carbonyl (C=O) groups is 2. The standard InChI is InChI=1S/C55H109NO5/c1-4-7-10-13-16-19-21-23-25-27-28-30-32-35-38-41-44-47-53(58)52(50-57)56-54(59)49-51(46-43-40-37-34-18-15-12-9-6-3)61-55(60)48-45-42-39-36-33-31-29-26-24-22-20-17-14-11-8-5-2/h51-53,57-58H,4-50H2,1-3H3,(H,56,59). The number of hydrogen-bond acceptors (Lipinski definition) is 5. The van der Waals surface area contributed by atoms with Crippen LogP contribution in [0.25, 0.3) is 0 Å². The van der Waals surface area contributed by atoms with E-state index in [0.29, 0.717) is 19.3 Å². The first-order valence-corrected chi connectivity index (χ1v) is 27.8. The summed E-state index contributed by atoms with van der Waals surface area (Å²) in [5, 5.41) is 23.8. The number of rotatable bonds is 51. The van der Waals surface area contributed by atoms with Crippen LogP contribution < -0.4 is 5.32 Å². The molecule has 6 heteroatoms. The minimum atomic E-state index is -0.779. The summed E-state index contributed by atoms with van der Waals surface area (Å²) >= 11 is 0. The number of ether oxygens (including phenoxy) is 1. The number of amides is 1. The van der Waals surface area contributed by atoms with Gasteiger partial charge in [-0.25, -0.2) is 0 Å². The fraction of sp³-hybridized carbons (Fsp3) is 0.964. The van der Waals surface area contributed by atoms with E-state index in [0.717, 1.165) is 38.5 Å². The summed E-state index contributed by atoms with van der Waals surface area (Å²) in [4.78, 5) is 26.1. The molecule has 364 valence electrons. The second-order valence-electron chi connectivity index (χ2n) is 19.4. The molecule has 0 saturated heterocycles. The normalized spacial score (nSPS) is 13.1. The van der Waals surface area contributed by atoms with Crippen molar-refractivity contribution >= 4 is 11.9 Å². The Morgan fingerprint density at radius 1 is 0.410 bits per heavy atom. The molecule has 0 aliphatic rings. The van der Waals surface area contributed by atoms with Gasteiger partial charge in [0.2, 0.25) is 5.91 Å². The maximum absolute atomic E-state index is 13.2. The van der Waals surface area contributed by atoms with Crippen molar-refractivity contribution in [3.63, 3.8) is 0 Å². The highest BCUT2D eigenvalue weighted by molar-refractivity contribution is 5.77. The van der Waals surface area contributed by atoms with E-state index in [1.165, 1.54) is 231 Å². The molecule has 0 aliphatic carbocycles. The Bertz CT molecular complexity index is 882. The van der Waals surface area contributed by atoms with E-state index in [-0.39, 0.29) is 24.9 Å². The molecule has 6 nitrogen and oxygen atoms in total. The summed E-state index contributed by atoms with van der Waals surface area (Å²) in [5.74, 6) is -0.451. The Kier molecular flexibility index (Phi) is 48.9. The fourth-order valence-electron chi connectivity index (χ4n) is 8.96. The smallest absolute Gasteiger partial charge is 0.306 e. The zero-order valence-corrected chi connectivity index (χ0v) is 41.6. The van der Waals surface area contributed by atoms with E-state index in [9.17, 15) is 19.8 Å². The molecular formula is C55H109NO5. The van der Waals surface area contributed by atoms with Crippen LogP contribution in [0.5, 0.6) is 0 Å². The van der Waals surface area contributed by atoms with Gasteiger partial charge in [0.1, 0.15) is 6.10 Å². The third kappa shape index (κ3) is 45.2. The number of aliphatic hydroxyl groups is 2. The van der Waals surface area contributed by atoms with Crippen LogP contribution in [0.15, 0.2) is 0 Å². The molecule has 0 spiro atoms. The van der Waals surface area contributed by atoms with Crippen LogP contribution >= 0.6 is 0 Å². The molecule has 1 amide bonds. The van der Waals surface area contributed by atoms with Crippen molar-refractivity contribution in [2.75, 3.05) is 6.61 Å². The van der Waals surface area contributed by atoms with Crippen molar-refractivity contribution in [2.24, 2.45) is 0 Å². The molecule has 0 radical (unpaired) electrons. The molecular weight excluding hydrogens is 755 g/mol. The molecule has 61 heavy (non-hydrogen) atoms. The van der Waals surface area contributed by atoms with Gasteiger partial charge in [-0.3, -0.25) is 9.59 Å². The summed E-state index contributed by atoms with van der Waals surface area (Å²) in [6.45, 7) is 6.51. The highest BCUT2D eigenvalue weighted by Gasteiger charge is 2.24. The number of unbranched alkanes of at least 4 members (excludes halogenated alkanes) is 39. The fourth-order valence-corrected chi connectivity index (χ4v) is 8.96. The Morgan fingerprint density at radius 2 is 0.689 bits per heavy atom. The first-order chi connectivity index (χ1) is 30.0. The lowest BCUT2D eigenvalue weighted by Crippen LogP contribution is -2.46. The Balaban J connectivity index is 4.34. The van der Waals surface area contributed by atoms with Crippen molar-refractivity contribution in [2.45, 2.75) is 334 Å². The summed E-state index contributed by atoms with van der Waals surface area (Å²) in [5.41, 5.74) is 0. The largest absolute Gasteiger partial charge is 0.462 e. The molecule has 0 aromatic rings. The minimum absolute atomic E-state index is 0.0874. The highest BCUT2D eigenvalue weighted by Crippen LogP contribution is 2.19. The number of nitrogens with one attached hydrogen (secondary N) is 1. The molecule has 0 rings (SSSR count). The van der Waals surface area contributed by atoms with E-state index in [4.69, 9.17) is 4.74 Å². The van der Waals surface area contributed by atoms with Crippen molar-refractivity contribution in [1.29, 1.82) is 0 Å². The highest BCUT2D eigenvalue weighted by atomic mass is 16.5. The molecule has 3 N–H and O–H groups in total.